The summed E-state index contributed by atoms with van der Waals surface area (Å²) in [6.45, 7) is 2.65. The van der Waals surface area contributed by atoms with Crippen LogP contribution < -0.4 is 11.1 Å². The highest BCUT2D eigenvalue weighted by atomic mass is 15.0. The second-order valence-electron chi connectivity index (χ2n) is 3.45. The molecule has 0 aliphatic heterocycles. The van der Waals surface area contributed by atoms with E-state index >= 15 is 0 Å². The molecule has 5 heteroatoms. The molecule has 2 aromatic rings. The first-order chi connectivity index (χ1) is 7.75. The number of nitrogens with one attached hydrogen (secondary N) is 1. The van der Waals surface area contributed by atoms with Crippen molar-refractivity contribution in [2.45, 2.75) is 13.5 Å². The number of nitrogens with zero attached hydrogens (tertiary/aromatic N) is 3. The van der Waals surface area contributed by atoms with E-state index in [4.69, 9.17) is 5.73 Å². The van der Waals surface area contributed by atoms with Gasteiger partial charge in [-0.15, -0.1) is 0 Å². The van der Waals surface area contributed by atoms with E-state index < -0.39 is 0 Å². The Kier molecular flexibility index (Phi) is 2.95. The fourth-order valence-electron chi connectivity index (χ4n) is 1.35. The summed E-state index contributed by atoms with van der Waals surface area (Å²) in [6, 6.07) is 5.64. The van der Waals surface area contributed by atoms with Crippen molar-refractivity contribution in [1.82, 2.24) is 15.0 Å². The standard InChI is InChI=1S/C11H13N5/c1-8-3-2-4-13-9(8)6-14-11-5-10(12)15-7-16-11/h2-5,7H,6H2,1H3,(H3,12,14,15,16). The zero-order chi connectivity index (χ0) is 11.4. The van der Waals surface area contributed by atoms with Crippen molar-refractivity contribution < 1.29 is 0 Å². The fraction of sp³-hybridized carbons (Fsp3) is 0.182. The van der Waals surface area contributed by atoms with E-state index in [2.05, 4.69) is 20.3 Å². The zero-order valence-electron chi connectivity index (χ0n) is 9.01. The van der Waals surface area contributed by atoms with Crippen LogP contribution in [-0.4, -0.2) is 15.0 Å². The van der Waals surface area contributed by atoms with Crippen LogP contribution in [0.5, 0.6) is 0 Å². The number of rotatable bonds is 3. The minimum Gasteiger partial charge on any atom is -0.384 e. The number of anilines is 2. The number of aromatic nitrogens is 3. The maximum absolute atomic E-state index is 5.55. The number of nitrogen functional groups attached to an aromatic ring is 1. The second-order valence-corrected chi connectivity index (χ2v) is 3.45. The number of pyridine rings is 1. The highest BCUT2D eigenvalue weighted by Gasteiger charge is 1.99. The predicted octanol–water partition coefficient (Wildman–Crippen LogP) is 1.37. The van der Waals surface area contributed by atoms with Crippen LogP contribution >= 0.6 is 0 Å². The summed E-state index contributed by atoms with van der Waals surface area (Å²) in [4.78, 5) is 12.2. The zero-order valence-corrected chi connectivity index (χ0v) is 9.01. The lowest BCUT2D eigenvalue weighted by molar-refractivity contribution is 1.000. The molecule has 0 saturated carbocycles. The van der Waals surface area contributed by atoms with Gasteiger partial charge in [0.2, 0.25) is 0 Å². The van der Waals surface area contributed by atoms with E-state index in [1.165, 1.54) is 6.33 Å². The van der Waals surface area contributed by atoms with Gasteiger partial charge in [-0.3, -0.25) is 4.98 Å². The molecule has 0 unspecified atom stereocenters. The van der Waals surface area contributed by atoms with Crippen LogP contribution in [-0.2, 0) is 6.54 Å². The van der Waals surface area contributed by atoms with Crippen LogP contribution in [0.1, 0.15) is 11.3 Å². The first kappa shape index (κ1) is 10.4. The summed E-state index contributed by atoms with van der Waals surface area (Å²) in [5.41, 5.74) is 7.70. The number of aryl methyl sites for hydroxylation is 1. The fourth-order valence-corrected chi connectivity index (χ4v) is 1.35. The van der Waals surface area contributed by atoms with Gasteiger partial charge in [0, 0.05) is 12.3 Å². The molecule has 0 aromatic carbocycles. The van der Waals surface area contributed by atoms with Gasteiger partial charge in [-0.25, -0.2) is 9.97 Å². The van der Waals surface area contributed by atoms with E-state index in [9.17, 15) is 0 Å². The average Bonchev–Trinajstić information content (AvgIpc) is 2.28. The van der Waals surface area contributed by atoms with Gasteiger partial charge in [-0.2, -0.15) is 0 Å². The van der Waals surface area contributed by atoms with Crippen LogP contribution in [0.3, 0.4) is 0 Å². The first-order valence-electron chi connectivity index (χ1n) is 4.97. The molecule has 2 aromatic heterocycles. The summed E-state index contributed by atoms with van der Waals surface area (Å²) in [5.74, 6) is 1.16. The number of hydrogen-bond acceptors (Lipinski definition) is 5. The summed E-state index contributed by atoms with van der Waals surface area (Å²) < 4.78 is 0. The topological polar surface area (TPSA) is 76.7 Å². The molecule has 0 radical (unpaired) electrons. The molecule has 0 spiro atoms. The van der Waals surface area contributed by atoms with Crippen LogP contribution in [0.15, 0.2) is 30.7 Å². The highest BCUT2D eigenvalue weighted by molar-refractivity contribution is 5.43. The molecule has 0 amide bonds. The van der Waals surface area contributed by atoms with E-state index in [1.54, 1.807) is 12.3 Å². The Labute approximate surface area is 93.8 Å². The van der Waals surface area contributed by atoms with E-state index in [1.807, 2.05) is 19.1 Å². The first-order valence-corrected chi connectivity index (χ1v) is 4.97. The van der Waals surface area contributed by atoms with Gasteiger partial charge < -0.3 is 11.1 Å². The Hall–Kier alpha value is -2.17. The van der Waals surface area contributed by atoms with E-state index in [-0.39, 0.29) is 0 Å². The lowest BCUT2D eigenvalue weighted by atomic mass is 10.2. The molecule has 0 aliphatic rings. The van der Waals surface area contributed by atoms with Crippen LogP contribution in [0, 0.1) is 6.92 Å². The van der Waals surface area contributed by atoms with Crippen LogP contribution in [0.2, 0.25) is 0 Å². The van der Waals surface area contributed by atoms with Gasteiger partial charge in [0.1, 0.15) is 18.0 Å². The molecular weight excluding hydrogens is 202 g/mol. The van der Waals surface area contributed by atoms with Gasteiger partial charge >= 0.3 is 0 Å². The summed E-state index contributed by atoms with van der Waals surface area (Å²) in [6.07, 6.45) is 3.21. The predicted molar refractivity (Wildman–Crippen MR) is 62.7 cm³/mol. The number of hydrogen-bond donors (Lipinski definition) is 2. The Morgan fingerprint density at radius 1 is 1.31 bits per heavy atom. The minimum atomic E-state index is 0.454. The average molecular weight is 215 g/mol. The lowest BCUT2D eigenvalue weighted by Crippen LogP contribution is -2.05. The summed E-state index contributed by atoms with van der Waals surface area (Å²) >= 11 is 0. The van der Waals surface area contributed by atoms with Gasteiger partial charge in [-0.1, -0.05) is 6.07 Å². The third-order valence-corrected chi connectivity index (χ3v) is 2.24. The van der Waals surface area contributed by atoms with Crippen molar-refractivity contribution in [3.8, 4) is 0 Å². The molecule has 5 nitrogen and oxygen atoms in total. The number of nitrogens with two attached hydrogens (primary N) is 1. The van der Waals surface area contributed by atoms with Crippen molar-refractivity contribution in [1.29, 1.82) is 0 Å². The monoisotopic (exact) mass is 215 g/mol. The normalized spacial score (nSPS) is 10.1. The van der Waals surface area contributed by atoms with Gasteiger partial charge in [0.05, 0.1) is 12.2 Å². The smallest absolute Gasteiger partial charge is 0.131 e. The van der Waals surface area contributed by atoms with Crippen molar-refractivity contribution in [3.63, 3.8) is 0 Å². The third-order valence-electron chi connectivity index (χ3n) is 2.24. The minimum absolute atomic E-state index is 0.454. The van der Waals surface area contributed by atoms with Crippen LogP contribution in [0.4, 0.5) is 11.6 Å². The molecule has 0 aliphatic carbocycles. The second kappa shape index (κ2) is 4.57. The maximum Gasteiger partial charge on any atom is 0.131 e. The SMILES string of the molecule is Cc1cccnc1CNc1cc(N)ncn1. The van der Waals surface area contributed by atoms with Crippen molar-refractivity contribution in [3.05, 3.63) is 42.0 Å². The van der Waals surface area contributed by atoms with Crippen molar-refractivity contribution in [2.24, 2.45) is 0 Å². The lowest BCUT2D eigenvalue weighted by Gasteiger charge is -2.06. The quantitative estimate of drug-likeness (QED) is 0.808. The molecule has 82 valence electrons. The van der Waals surface area contributed by atoms with E-state index in [0.717, 1.165) is 11.3 Å². The molecule has 2 heterocycles. The van der Waals surface area contributed by atoms with Gasteiger partial charge in [-0.05, 0) is 18.6 Å². The molecule has 16 heavy (non-hydrogen) atoms. The molecule has 3 N–H and O–H groups in total. The molecule has 0 atom stereocenters. The Morgan fingerprint density at radius 2 is 2.19 bits per heavy atom. The largest absolute Gasteiger partial charge is 0.384 e. The third kappa shape index (κ3) is 2.44. The van der Waals surface area contributed by atoms with Gasteiger partial charge in [0.25, 0.3) is 0 Å². The van der Waals surface area contributed by atoms with Crippen molar-refractivity contribution >= 4 is 11.6 Å². The molecule has 0 bridgehead atoms. The molecule has 0 saturated heterocycles. The maximum atomic E-state index is 5.55. The van der Waals surface area contributed by atoms with E-state index in [0.29, 0.717) is 18.2 Å². The summed E-state index contributed by atoms with van der Waals surface area (Å²) in [7, 11) is 0. The molecule has 2 rings (SSSR count). The van der Waals surface area contributed by atoms with Gasteiger partial charge in [0.15, 0.2) is 0 Å². The Bertz CT molecular complexity index is 483. The molecule has 0 fully saturated rings. The van der Waals surface area contributed by atoms with Crippen LogP contribution in [0.25, 0.3) is 0 Å². The summed E-state index contributed by atoms with van der Waals surface area (Å²) in [5, 5.41) is 3.15. The highest BCUT2D eigenvalue weighted by Crippen LogP contribution is 2.08. The Balaban J connectivity index is 2.05. The molecular formula is C11H13N5. The Morgan fingerprint density at radius 3 is 2.94 bits per heavy atom. The van der Waals surface area contributed by atoms with Crippen molar-refractivity contribution in [2.75, 3.05) is 11.1 Å².